The van der Waals surface area contributed by atoms with Gasteiger partial charge in [0.1, 0.15) is 0 Å². The van der Waals surface area contributed by atoms with Crippen LogP contribution < -0.4 is 10.6 Å². The molecule has 0 aromatic heterocycles. The molecular weight excluding hydrogens is 202 g/mol. The van der Waals surface area contributed by atoms with E-state index in [1.807, 2.05) is 6.92 Å². The first-order valence-electron chi connectivity index (χ1n) is 6.24. The molecule has 1 rings (SSSR count). The number of nitrogens with one attached hydrogen (secondary N) is 2. The fourth-order valence-electron chi connectivity index (χ4n) is 2.32. The van der Waals surface area contributed by atoms with Gasteiger partial charge in [-0.1, -0.05) is 6.92 Å². The molecule has 0 aromatic carbocycles. The second-order valence-electron chi connectivity index (χ2n) is 5.14. The first-order chi connectivity index (χ1) is 7.48. The zero-order chi connectivity index (χ0) is 12.2. The Balaban J connectivity index is 2.46. The van der Waals surface area contributed by atoms with Gasteiger partial charge in [0.25, 0.3) is 0 Å². The Morgan fingerprint density at radius 2 is 2.19 bits per heavy atom. The number of likely N-dealkylation sites (N-methyl/N-ethyl adjacent to an activating group) is 2. The standard InChI is InChI=1S/C12H25N3O/c1-5-13-11(16)9-15(6-2)10-7-12(3,4)14-8-10/h10,14H,5-9H2,1-4H3,(H,13,16). The summed E-state index contributed by atoms with van der Waals surface area (Å²) < 4.78 is 0. The summed E-state index contributed by atoms with van der Waals surface area (Å²) in [6.07, 6.45) is 1.11. The van der Waals surface area contributed by atoms with Crippen molar-refractivity contribution in [2.24, 2.45) is 0 Å². The van der Waals surface area contributed by atoms with Crippen molar-refractivity contribution in [3.8, 4) is 0 Å². The quantitative estimate of drug-likeness (QED) is 0.722. The Hall–Kier alpha value is -0.610. The van der Waals surface area contributed by atoms with Gasteiger partial charge < -0.3 is 10.6 Å². The van der Waals surface area contributed by atoms with Crippen molar-refractivity contribution < 1.29 is 4.79 Å². The zero-order valence-electron chi connectivity index (χ0n) is 11.0. The highest BCUT2D eigenvalue weighted by molar-refractivity contribution is 5.77. The van der Waals surface area contributed by atoms with E-state index in [1.54, 1.807) is 0 Å². The highest BCUT2D eigenvalue weighted by Crippen LogP contribution is 2.21. The van der Waals surface area contributed by atoms with Gasteiger partial charge in [-0.3, -0.25) is 9.69 Å². The van der Waals surface area contributed by atoms with Gasteiger partial charge in [-0.2, -0.15) is 0 Å². The lowest BCUT2D eigenvalue weighted by molar-refractivity contribution is -0.122. The fourth-order valence-corrected chi connectivity index (χ4v) is 2.32. The van der Waals surface area contributed by atoms with E-state index in [2.05, 4.69) is 36.3 Å². The Bertz CT molecular complexity index is 240. The van der Waals surface area contributed by atoms with Crippen LogP contribution in [0.15, 0.2) is 0 Å². The van der Waals surface area contributed by atoms with E-state index in [1.165, 1.54) is 0 Å². The van der Waals surface area contributed by atoms with Gasteiger partial charge in [0.15, 0.2) is 0 Å². The first-order valence-corrected chi connectivity index (χ1v) is 6.24. The lowest BCUT2D eigenvalue weighted by atomic mass is 10.0. The van der Waals surface area contributed by atoms with Crippen LogP contribution in [0.3, 0.4) is 0 Å². The second-order valence-corrected chi connectivity index (χ2v) is 5.14. The minimum Gasteiger partial charge on any atom is -0.355 e. The van der Waals surface area contributed by atoms with Gasteiger partial charge >= 0.3 is 0 Å². The number of rotatable bonds is 5. The maximum atomic E-state index is 11.6. The van der Waals surface area contributed by atoms with E-state index in [0.29, 0.717) is 19.1 Å². The molecule has 0 aliphatic carbocycles. The summed E-state index contributed by atoms with van der Waals surface area (Å²) in [5.74, 6) is 0.133. The van der Waals surface area contributed by atoms with Crippen LogP contribution in [-0.4, -0.2) is 48.6 Å². The second kappa shape index (κ2) is 5.64. The van der Waals surface area contributed by atoms with Crippen molar-refractivity contribution in [2.75, 3.05) is 26.2 Å². The van der Waals surface area contributed by atoms with Crippen LogP contribution in [0.1, 0.15) is 34.1 Å². The summed E-state index contributed by atoms with van der Waals surface area (Å²) in [5.41, 5.74) is 0.208. The van der Waals surface area contributed by atoms with Gasteiger partial charge in [0.2, 0.25) is 5.91 Å². The molecule has 0 bridgehead atoms. The average Bonchev–Trinajstić information content (AvgIpc) is 2.55. The van der Waals surface area contributed by atoms with Crippen LogP contribution >= 0.6 is 0 Å². The molecule has 4 nitrogen and oxygen atoms in total. The summed E-state index contributed by atoms with van der Waals surface area (Å²) in [6.45, 7) is 11.6. The Morgan fingerprint density at radius 1 is 1.50 bits per heavy atom. The Morgan fingerprint density at radius 3 is 2.62 bits per heavy atom. The van der Waals surface area contributed by atoms with Crippen molar-refractivity contribution in [1.82, 2.24) is 15.5 Å². The molecule has 94 valence electrons. The van der Waals surface area contributed by atoms with Crippen LogP contribution in [0.4, 0.5) is 0 Å². The minimum absolute atomic E-state index is 0.133. The van der Waals surface area contributed by atoms with E-state index < -0.39 is 0 Å². The maximum Gasteiger partial charge on any atom is 0.234 e. The molecule has 1 unspecified atom stereocenters. The third kappa shape index (κ3) is 3.76. The van der Waals surface area contributed by atoms with E-state index >= 15 is 0 Å². The lowest BCUT2D eigenvalue weighted by Gasteiger charge is -2.27. The molecule has 1 aliphatic rings. The van der Waals surface area contributed by atoms with Crippen LogP contribution in [-0.2, 0) is 4.79 Å². The van der Waals surface area contributed by atoms with Crippen molar-refractivity contribution in [3.05, 3.63) is 0 Å². The van der Waals surface area contributed by atoms with Gasteiger partial charge in [-0.05, 0) is 33.7 Å². The zero-order valence-corrected chi connectivity index (χ0v) is 11.0. The summed E-state index contributed by atoms with van der Waals surface area (Å²) >= 11 is 0. The number of carbonyl (C=O) groups excluding carboxylic acids is 1. The highest BCUT2D eigenvalue weighted by atomic mass is 16.2. The molecule has 1 amide bonds. The molecule has 1 atom stereocenters. The number of amides is 1. The van der Waals surface area contributed by atoms with Crippen LogP contribution in [0.5, 0.6) is 0 Å². The number of carbonyl (C=O) groups is 1. The van der Waals surface area contributed by atoms with Gasteiger partial charge in [-0.25, -0.2) is 0 Å². The van der Waals surface area contributed by atoms with Crippen LogP contribution in [0.25, 0.3) is 0 Å². The van der Waals surface area contributed by atoms with Crippen molar-refractivity contribution in [2.45, 2.75) is 45.7 Å². The predicted octanol–water partition coefficient (Wildman–Crippen LogP) is 0.585. The van der Waals surface area contributed by atoms with Crippen molar-refractivity contribution in [3.63, 3.8) is 0 Å². The average molecular weight is 227 g/mol. The first kappa shape index (κ1) is 13.5. The molecule has 1 saturated heterocycles. The van der Waals surface area contributed by atoms with Crippen LogP contribution in [0, 0.1) is 0 Å². The summed E-state index contributed by atoms with van der Waals surface area (Å²) in [4.78, 5) is 13.8. The molecular formula is C12H25N3O. The van der Waals surface area contributed by atoms with E-state index in [4.69, 9.17) is 0 Å². The van der Waals surface area contributed by atoms with Crippen molar-refractivity contribution >= 4 is 5.91 Å². The van der Waals surface area contributed by atoms with Gasteiger partial charge in [0, 0.05) is 24.7 Å². The predicted molar refractivity (Wildman–Crippen MR) is 66.4 cm³/mol. The third-order valence-corrected chi connectivity index (χ3v) is 3.21. The van der Waals surface area contributed by atoms with E-state index in [9.17, 15) is 4.79 Å². The fraction of sp³-hybridized carbons (Fsp3) is 0.917. The molecule has 0 aromatic rings. The molecule has 1 heterocycles. The van der Waals surface area contributed by atoms with E-state index in [0.717, 1.165) is 19.5 Å². The summed E-state index contributed by atoms with van der Waals surface area (Å²) in [7, 11) is 0. The maximum absolute atomic E-state index is 11.6. The number of nitrogens with zero attached hydrogens (tertiary/aromatic N) is 1. The monoisotopic (exact) mass is 227 g/mol. The molecule has 0 radical (unpaired) electrons. The molecule has 0 spiro atoms. The minimum atomic E-state index is 0.133. The highest BCUT2D eigenvalue weighted by Gasteiger charge is 2.33. The van der Waals surface area contributed by atoms with Gasteiger partial charge in [0.05, 0.1) is 6.54 Å². The lowest BCUT2D eigenvalue weighted by Crippen LogP contribution is -2.43. The molecule has 16 heavy (non-hydrogen) atoms. The summed E-state index contributed by atoms with van der Waals surface area (Å²) in [6, 6.07) is 0.489. The third-order valence-electron chi connectivity index (χ3n) is 3.21. The topological polar surface area (TPSA) is 44.4 Å². The van der Waals surface area contributed by atoms with Crippen molar-refractivity contribution in [1.29, 1.82) is 0 Å². The molecule has 0 saturated carbocycles. The summed E-state index contributed by atoms with van der Waals surface area (Å²) in [5, 5.41) is 6.35. The normalized spacial score (nSPS) is 23.7. The molecule has 4 heteroatoms. The Labute approximate surface area is 98.8 Å². The Kier molecular flexibility index (Phi) is 4.74. The van der Waals surface area contributed by atoms with Gasteiger partial charge in [-0.15, -0.1) is 0 Å². The number of hydrogen-bond donors (Lipinski definition) is 2. The smallest absolute Gasteiger partial charge is 0.234 e. The molecule has 1 fully saturated rings. The molecule has 1 aliphatic heterocycles. The molecule has 2 N–H and O–H groups in total. The largest absolute Gasteiger partial charge is 0.355 e. The SMILES string of the molecule is CCNC(=O)CN(CC)C1CNC(C)(C)C1. The number of hydrogen-bond acceptors (Lipinski definition) is 3. The van der Waals surface area contributed by atoms with Crippen LogP contribution in [0.2, 0.25) is 0 Å². The van der Waals surface area contributed by atoms with E-state index in [-0.39, 0.29) is 11.4 Å².